The molecule has 0 radical (unpaired) electrons. The van der Waals surface area contributed by atoms with E-state index in [4.69, 9.17) is 12.2 Å². The number of aromatic nitrogens is 3. The lowest BCUT2D eigenvalue weighted by molar-refractivity contribution is 0.145. The smallest absolute Gasteiger partial charge is 0.236 e. The van der Waals surface area contributed by atoms with Crippen LogP contribution in [0, 0.1) is 4.77 Å². The number of hydrogen-bond donors (Lipinski definition) is 0. The van der Waals surface area contributed by atoms with Crippen LogP contribution in [0.5, 0.6) is 0 Å². The van der Waals surface area contributed by atoms with Crippen LogP contribution in [-0.2, 0) is 23.2 Å². The minimum atomic E-state index is -3.41. The van der Waals surface area contributed by atoms with Gasteiger partial charge in [-0.25, -0.2) is 13.1 Å². The predicted molar refractivity (Wildman–Crippen MR) is 104 cm³/mol. The van der Waals surface area contributed by atoms with Gasteiger partial charge in [0.25, 0.3) is 0 Å². The Morgan fingerprint density at radius 1 is 1.15 bits per heavy atom. The first-order valence-corrected chi connectivity index (χ1v) is 10.5. The van der Waals surface area contributed by atoms with E-state index >= 15 is 0 Å². The van der Waals surface area contributed by atoms with Crippen LogP contribution in [0.15, 0.2) is 42.1 Å². The van der Waals surface area contributed by atoms with E-state index in [2.05, 4.69) is 10.00 Å². The molecule has 7 nitrogen and oxygen atoms in total. The summed E-state index contributed by atoms with van der Waals surface area (Å²) in [5.74, 6) is 0. The van der Waals surface area contributed by atoms with Crippen molar-refractivity contribution in [3.63, 3.8) is 0 Å². The third-order valence-electron chi connectivity index (χ3n) is 4.39. The lowest BCUT2D eigenvalue weighted by atomic mass is 10.2. The molecule has 0 bridgehead atoms. The number of benzene rings is 1. The third-order valence-corrected chi connectivity index (χ3v) is 6.40. The van der Waals surface area contributed by atoms with Gasteiger partial charge in [-0.2, -0.15) is 9.40 Å². The molecule has 2 heterocycles. The molecule has 1 aromatic heterocycles. The molecule has 0 saturated carbocycles. The van der Waals surface area contributed by atoms with E-state index in [1.54, 1.807) is 17.1 Å². The summed E-state index contributed by atoms with van der Waals surface area (Å²) in [5.41, 5.74) is 0.871. The topological polar surface area (TPSA) is 63.4 Å². The standard InChI is InChI=1S/C17H23N5O2S2/c1-2-20-14-18-22(17(20)25)15-19-9-11-21(12-10-19)26(23,24)13-8-16-6-4-3-5-7-16/h3-8,13-14H,2,9-12,15H2,1H3/b13-8+. The van der Waals surface area contributed by atoms with E-state index in [1.807, 2.05) is 41.8 Å². The lowest BCUT2D eigenvalue weighted by Gasteiger charge is -2.32. The molecule has 26 heavy (non-hydrogen) atoms. The summed E-state index contributed by atoms with van der Waals surface area (Å²) in [4.78, 5) is 2.16. The molecule has 0 spiro atoms. The Hall–Kier alpha value is -1.81. The number of piperazine rings is 1. The molecular weight excluding hydrogens is 370 g/mol. The van der Waals surface area contributed by atoms with Crippen LogP contribution in [0.1, 0.15) is 12.5 Å². The van der Waals surface area contributed by atoms with Crippen LogP contribution in [0.3, 0.4) is 0 Å². The highest BCUT2D eigenvalue weighted by Gasteiger charge is 2.25. The van der Waals surface area contributed by atoms with Crippen LogP contribution < -0.4 is 0 Å². The Morgan fingerprint density at radius 2 is 1.85 bits per heavy atom. The minimum Gasteiger partial charge on any atom is -0.307 e. The summed E-state index contributed by atoms with van der Waals surface area (Å²) in [6.07, 6.45) is 3.37. The van der Waals surface area contributed by atoms with Crippen molar-refractivity contribution in [3.05, 3.63) is 52.4 Å². The van der Waals surface area contributed by atoms with Gasteiger partial charge in [-0.1, -0.05) is 30.3 Å². The average molecular weight is 394 g/mol. The summed E-state index contributed by atoms with van der Waals surface area (Å²) < 4.78 is 30.9. The lowest BCUT2D eigenvalue weighted by Crippen LogP contribution is -2.48. The molecule has 0 unspecified atom stereocenters. The van der Waals surface area contributed by atoms with Gasteiger partial charge in [0.1, 0.15) is 6.33 Å². The molecule has 0 amide bonds. The van der Waals surface area contributed by atoms with Crippen molar-refractivity contribution in [2.45, 2.75) is 20.1 Å². The maximum atomic E-state index is 12.5. The number of rotatable bonds is 6. The number of sulfonamides is 1. The van der Waals surface area contributed by atoms with E-state index in [9.17, 15) is 8.42 Å². The minimum absolute atomic E-state index is 0.462. The Morgan fingerprint density at radius 3 is 2.46 bits per heavy atom. The molecular formula is C17H23N5O2S2. The fourth-order valence-corrected chi connectivity index (χ4v) is 4.27. The molecule has 1 aromatic carbocycles. The maximum absolute atomic E-state index is 12.5. The van der Waals surface area contributed by atoms with Crippen molar-refractivity contribution < 1.29 is 8.42 Å². The first-order chi connectivity index (χ1) is 12.5. The molecule has 1 saturated heterocycles. The first-order valence-electron chi connectivity index (χ1n) is 8.57. The van der Waals surface area contributed by atoms with E-state index in [1.165, 1.54) is 9.71 Å². The predicted octanol–water partition coefficient (Wildman–Crippen LogP) is 2.01. The van der Waals surface area contributed by atoms with Crippen molar-refractivity contribution in [2.24, 2.45) is 0 Å². The van der Waals surface area contributed by atoms with Gasteiger partial charge in [0.05, 0.1) is 6.67 Å². The van der Waals surface area contributed by atoms with E-state index in [0.29, 0.717) is 37.6 Å². The monoisotopic (exact) mass is 393 g/mol. The van der Waals surface area contributed by atoms with Crippen LogP contribution in [-0.4, -0.2) is 58.1 Å². The highest BCUT2D eigenvalue weighted by atomic mass is 32.2. The van der Waals surface area contributed by atoms with Gasteiger partial charge in [0.15, 0.2) is 4.77 Å². The zero-order valence-corrected chi connectivity index (χ0v) is 16.4. The molecule has 1 aliphatic heterocycles. The second-order valence-corrected chi connectivity index (χ2v) is 8.30. The Bertz CT molecular complexity index is 910. The zero-order valence-electron chi connectivity index (χ0n) is 14.7. The fourth-order valence-electron chi connectivity index (χ4n) is 2.82. The number of nitrogens with zero attached hydrogens (tertiary/aromatic N) is 5. The second kappa shape index (κ2) is 8.26. The highest BCUT2D eigenvalue weighted by Crippen LogP contribution is 2.12. The normalized spacial score (nSPS) is 17.1. The van der Waals surface area contributed by atoms with Crippen molar-refractivity contribution in [1.82, 2.24) is 23.6 Å². The summed E-state index contributed by atoms with van der Waals surface area (Å²) in [6.45, 7) is 5.62. The van der Waals surface area contributed by atoms with E-state index in [0.717, 1.165) is 12.1 Å². The van der Waals surface area contributed by atoms with Crippen molar-refractivity contribution in [2.75, 3.05) is 26.2 Å². The molecule has 9 heteroatoms. The van der Waals surface area contributed by atoms with Crippen molar-refractivity contribution >= 4 is 28.3 Å². The van der Waals surface area contributed by atoms with Gasteiger partial charge >= 0.3 is 0 Å². The van der Waals surface area contributed by atoms with Gasteiger partial charge < -0.3 is 4.57 Å². The molecule has 1 aliphatic rings. The fraction of sp³-hybridized carbons (Fsp3) is 0.412. The van der Waals surface area contributed by atoms with Gasteiger partial charge in [-0.05, 0) is 30.8 Å². The second-order valence-electron chi connectivity index (χ2n) is 6.12. The van der Waals surface area contributed by atoms with Gasteiger partial charge in [0.2, 0.25) is 10.0 Å². The van der Waals surface area contributed by atoms with Crippen LogP contribution in [0.4, 0.5) is 0 Å². The Labute approximate surface area is 159 Å². The summed E-state index contributed by atoms with van der Waals surface area (Å²) in [7, 11) is -3.41. The molecule has 140 valence electrons. The van der Waals surface area contributed by atoms with Gasteiger partial charge in [-0.15, -0.1) is 0 Å². The van der Waals surface area contributed by atoms with Gasteiger partial charge in [0, 0.05) is 38.1 Å². The van der Waals surface area contributed by atoms with Crippen LogP contribution >= 0.6 is 12.2 Å². The van der Waals surface area contributed by atoms with Crippen molar-refractivity contribution in [3.8, 4) is 0 Å². The third kappa shape index (κ3) is 4.47. The molecule has 1 fully saturated rings. The summed E-state index contributed by atoms with van der Waals surface area (Å²) in [6, 6.07) is 9.43. The van der Waals surface area contributed by atoms with Crippen LogP contribution in [0.2, 0.25) is 0 Å². The van der Waals surface area contributed by atoms with Crippen molar-refractivity contribution in [1.29, 1.82) is 0 Å². The average Bonchev–Trinajstić information content (AvgIpc) is 3.01. The Kier molecular flexibility index (Phi) is 6.02. The quantitative estimate of drug-likeness (QED) is 0.703. The van der Waals surface area contributed by atoms with Gasteiger partial charge in [-0.3, -0.25) is 4.90 Å². The summed E-state index contributed by atoms with van der Waals surface area (Å²) >= 11 is 5.38. The molecule has 0 atom stereocenters. The van der Waals surface area contributed by atoms with Crippen LogP contribution in [0.25, 0.3) is 6.08 Å². The maximum Gasteiger partial charge on any atom is 0.236 e. The first kappa shape index (κ1) is 19.0. The zero-order chi connectivity index (χ0) is 18.6. The Balaban J connectivity index is 1.58. The van der Waals surface area contributed by atoms with E-state index < -0.39 is 10.0 Å². The molecule has 0 aliphatic carbocycles. The molecule has 0 N–H and O–H groups in total. The largest absolute Gasteiger partial charge is 0.307 e. The summed E-state index contributed by atoms with van der Waals surface area (Å²) in [5, 5.41) is 5.59. The molecule has 2 aromatic rings. The van der Waals surface area contributed by atoms with E-state index in [-0.39, 0.29) is 0 Å². The number of hydrogen-bond acceptors (Lipinski definition) is 5. The SMILES string of the molecule is CCn1cnn(CN2CCN(S(=O)(=O)/C=C/c3ccccc3)CC2)c1=S. The highest BCUT2D eigenvalue weighted by molar-refractivity contribution is 7.92. The number of aryl methyl sites for hydroxylation is 1. The molecule has 3 rings (SSSR count).